The second-order valence-corrected chi connectivity index (χ2v) is 8.32. The van der Waals surface area contributed by atoms with Crippen molar-refractivity contribution in [3.05, 3.63) is 54.1 Å². The number of piperidine rings is 1. The minimum Gasteiger partial charge on any atom is -0.465 e. The smallest absolute Gasteiger partial charge is 0.337 e. The molecule has 0 spiro atoms. The molecule has 1 fully saturated rings. The number of ether oxygens (including phenoxy) is 1. The third-order valence-electron chi connectivity index (χ3n) is 4.55. The van der Waals surface area contributed by atoms with Gasteiger partial charge in [0.05, 0.1) is 22.8 Å². The molecule has 1 heterocycles. The predicted molar refractivity (Wildman–Crippen MR) is 104 cm³/mol. The lowest BCUT2D eigenvalue weighted by Gasteiger charge is -2.22. The monoisotopic (exact) mass is 395 g/mol. The summed E-state index contributed by atoms with van der Waals surface area (Å²) in [5, 5.41) is 2.88. The van der Waals surface area contributed by atoms with Gasteiger partial charge in [-0.05, 0) is 61.3 Å². The van der Waals surface area contributed by atoms with Crippen molar-refractivity contribution in [2.24, 2.45) is 0 Å². The van der Waals surface area contributed by atoms with Crippen molar-refractivity contribution in [2.45, 2.75) is 23.0 Å². The van der Waals surface area contributed by atoms with E-state index in [2.05, 4.69) is 10.1 Å². The zero-order valence-corrected chi connectivity index (χ0v) is 16.1. The summed E-state index contributed by atoms with van der Waals surface area (Å²) in [5.74, 6) is -0.380. The average molecular weight is 396 g/mol. The predicted octanol–water partition coefficient (Wildman–Crippen LogP) is 3.09. The van der Waals surface area contributed by atoms with Gasteiger partial charge in [-0.2, -0.15) is 0 Å². The van der Waals surface area contributed by atoms with Gasteiger partial charge in [-0.3, -0.25) is 0 Å². The molecule has 0 radical (unpaired) electrons. The lowest BCUT2D eigenvalue weighted by atomic mass is 10.0. The summed E-state index contributed by atoms with van der Waals surface area (Å²) in [6.07, 6.45) is 1.30. The Morgan fingerprint density at radius 1 is 0.962 bits per heavy atom. The van der Waals surface area contributed by atoms with E-state index in [0.717, 1.165) is 24.2 Å². The Morgan fingerprint density at radius 3 is 1.96 bits per heavy atom. The molecule has 3 rings (SSSR count). The number of methoxy groups -OCH3 is 1. The number of esters is 1. The molecule has 2 aromatic carbocycles. The van der Waals surface area contributed by atoms with E-state index in [4.69, 9.17) is 0 Å². The van der Waals surface area contributed by atoms with Crippen LogP contribution in [0.15, 0.2) is 53.4 Å². The maximum absolute atomic E-state index is 12.7. The molecule has 1 N–H and O–H groups in total. The van der Waals surface area contributed by atoms with Crippen LogP contribution in [0, 0.1) is 0 Å². The Balaban J connectivity index is 0.00000243. The third-order valence-corrected chi connectivity index (χ3v) is 6.83. The van der Waals surface area contributed by atoms with Crippen molar-refractivity contribution in [1.29, 1.82) is 0 Å². The van der Waals surface area contributed by atoms with Gasteiger partial charge in [0.2, 0.25) is 0 Å². The van der Waals surface area contributed by atoms with Crippen molar-refractivity contribution in [3.63, 3.8) is 0 Å². The fourth-order valence-corrected chi connectivity index (χ4v) is 4.81. The van der Waals surface area contributed by atoms with E-state index in [-0.39, 0.29) is 23.6 Å². The summed E-state index contributed by atoms with van der Waals surface area (Å²) in [5.41, 5.74) is 2.30. The minimum atomic E-state index is -3.28. The van der Waals surface area contributed by atoms with Crippen molar-refractivity contribution >= 4 is 28.2 Å². The molecule has 140 valence electrons. The first-order valence-electron chi connectivity index (χ1n) is 8.26. The summed E-state index contributed by atoms with van der Waals surface area (Å²) >= 11 is 0. The molecule has 7 heteroatoms. The molecule has 0 aromatic heterocycles. The first kappa shape index (κ1) is 20.4. The Labute approximate surface area is 160 Å². The number of carbonyl (C=O) groups excluding carboxylic acids is 1. The number of carbonyl (C=O) groups is 1. The molecule has 0 bridgehead atoms. The fourth-order valence-electron chi connectivity index (χ4n) is 3.05. The number of sulfone groups is 1. The Bertz CT molecular complexity index is 842. The number of rotatable bonds is 4. The zero-order chi connectivity index (χ0) is 17.9. The zero-order valence-electron chi connectivity index (χ0n) is 14.5. The van der Waals surface area contributed by atoms with E-state index in [9.17, 15) is 13.2 Å². The topological polar surface area (TPSA) is 72.5 Å². The van der Waals surface area contributed by atoms with Crippen molar-refractivity contribution in [2.75, 3.05) is 20.2 Å². The van der Waals surface area contributed by atoms with E-state index in [0.29, 0.717) is 23.3 Å². The van der Waals surface area contributed by atoms with Gasteiger partial charge in [0.25, 0.3) is 0 Å². The van der Waals surface area contributed by atoms with Crippen LogP contribution in [-0.4, -0.2) is 39.8 Å². The molecule has 0 aliphatic carbocycles. The fraction of sp³-hybridized carbons (Fsp3) is 0.316. The van der Waals surface area contributed by atoms with Crippen LogP contribution in [0.1, 0.15) is 23.2 Å². The number of halogens is 1. The number of hydrogen-bond acceptors (Lipinski definition) is 5. The quantitative estimate of drug-likeness (QED) is 0.805. The van der Waals surface area contributed by atoms with Gasteiger partial charge in [0, 0.05) is 0 Å². The largest absolute Gasteiger partial charge is 0.465 e. The van der Waals surface area contributed by atoms with Crippen LogP contribution in [0.3, 0.4) is 0 Å². The standard InChI is InChI=1S/C19H21NO4S.ClH/c1-24-19(21)16-4-2-14(3-5-16)15-6-8-17(9-7-15)25(22,23)18-10-12-20-13-11-18;/h2-9,18,20H,10-13H2,1H3;1H. The van der Waals surface area contributed by atoms with Crippen LogP contribution in [0.25, 0.3) is 11.1 Å². The molecule has 0 atom stereocenters. The van der Waals surface area contributed by atoms with E-state index in [1.54, 1.807) is 36.4 Å². The molecule has 0 amide bonds. The molecule has 5 nitrogen and oxygen atoms in total. The normalized spacial score (nSPS) is 15.1. The highest BCUT2D eigenvalue weighted by atomic mass is 35.5. The second-order valence-electron chi connectivity index (χ2n) is 6.09. The molecular formula is C19H22ClNO4S. The van der Waals surface area contributed by atoms with Crippen LogP contribution in [-0.2, 0) is 14.6 Å². The lowest BCUT2D eigenvalue weighted by Crippen LogP contribution is -2.35. The van der Waals surface area contributed by atoms with Gasteiger partial charge in [0.1, 0.15) is 0 Å². The Kier molecular flexibility index (Phi) is 6.81. The van der Waals surface area contributed by atoms with E-state index in [1.165, 1.54) is 7.11 Å². The summed E-state index contributed by atoms with van der Waals surface area (Å²) < 4.78 is 30.1. The highest BCUT2D eigenvalue weighted by Crippen LogP contribution is 2.26. The van der Waals surface area contributed by atoms with Crippen LogP contribution >= 0.6 is 12.4 Å². The molecule has 1 aliphatic rings. The van der Waals surface area contributed by atoms with E-state index >= 15 is 0 Å². The number of benzene rings is 2. The Hall–Kier alpha value is -1.89. The maximum Gasteiger partial charge on any atom is 0.337 e. The van der Waals surface area contributed by atoms with Gasteiger partial charge in [-0.1, -0.05) is 24.3 Å². The van der Waals surface area contributed by atoms with Crippen LogP contribution in [0.5, 0.6) is 0 Å². The van der Waals surface area contributed by atoms with Gasteiger partial charge in [-0.25, -0.2) is 13.2 Å². The van der Waals surface area contributed by atoms with E-state index in [1.807, 2.05) is 12.1 Å². The SMILES string of the molecule is COC(=O)c1ccc(-c2ccc(S(=O)(=O)C3CCNCC3)cc2)cc1.Cl. The average Bonchev–Trinajstić information content (AvgIpc) is 2.68. The second kappa shape index (κ2) is 8.66. The first-order chi connectivity index (χ1) is 12.0. The highest BCUT2D eigenvalue weighted by Gasteiger charge is 2.28. The summed E-state index contributed by atoms with van der Waals surface area (Å²) in [7, 11) is -1.94. The Morgan fingerprint density at radius 2 is 1.46 bits per heavy atom. The van der Waals surface area contributed by atoms with Gasteiger partial charge < -0.3 is 10.1 Å². The summed E-state index contributed by atoms with van der Waals surface area (Å²) in [4.78, 5) is 11.8. The lowest BCUT2D eigenvalue weighted by molar-refractivity contribution is 0.0600. The van der Waals surface area contributed by atoms with Crippen molar-refractivity contribution in [3.8, 4) is 11.1 Å². The van der Waals surface area contributed by atoms with Crippen LogP contribution in [0.4, 0.5) is 0 Å². The molecule has 1 saturated heterocycles. The molecule has 0 unspecified atom stereocenters. The molecule has 2 aromatic rings. The van der Waals surface area contributed by atoms with E-state index < -0.39 is 9.84 Å². The van der Waals surface area contributed by atoms with Crippen LogP contribution < -0.4 is 5.32 Å². The summed E-state index contributed by atoms with van der Waals surface area (Å²) in [6.45, 7) is 1.49. The van der Waals surface area contributed by atoms with Crippen molar-refractivity contribution in [1.82, 2.24) is 5.32 Å². The minimum absolute atomic E-state index is 0. The van der Waals surface area contributed by atoms with Gasteiger partial charge in [-0.15, -0.1) is 12.4 Å². The molecular weight excluding hydrogens is 374 g/mol. The molecule has 1 aliphatic heterocycles. The maximum atomic E-state index is 12.7. The van der Waals surface area contributed by atoms with Crippen LogP contribution in [0.2, 0.25) is 0 Å². The van der Waals surface area contributed by atoms with Gasteiger partial charge in [0.15, 0.2) is 9.84 Å². The molecule has 0 saturated carbocycles. The number of nitrogens with one attached hydrogen (secondary N) is 1. The highest BCUT2D eigenvalue weighted by molar-refractivity contribution is 7.92. The van der Waals surface area contributed by atoms with Crippen molar-refractivity contribution < 1.29 is 17.9 Å². The third kappa shape index (κ3) is 4.26. The first-order valence-corrected chi connectivity index (χ1v) is 9.80. The number of hydrogen-bond donors (Lipinski definition) is 1. The van der Waals surface area contributed by atoms with Gasteiger partial charge >= 0.3 is 5.97 Å². The summed E-state index contributed by atoms with van der Waals surface area (Å²) in [6, 6.07) is 14.0. The molecule has 26 heavy (non-hydrogen) atoms.